The summed E-state index contributed by atoms with van der Waals surface area (Å²) in [5, 5.41) is 5.82. The average Bonchev–Trinajstić information content (AvgIpc) is 2.98. The quantitative estimate of drug-likeness (QED) is 0.759. The SMILES string of the molecule is CCn1c(NCCN)nc2scc(-c3ccccc3)c2c1=O. The van der Waals surface area contributed by atoms with Crippen LogP contribution in [0.2, 0.25) is 0 Å². The Morgan fingerprint density at radius 3 is 2.77 bits per heavy atom. The molecule has 2 aromatic heterocycles. The molecule has 0 aliphatic rings. The summed E-state index contributed by atoms with van der Waals surface area (Å²) in [7, 11) is 0. The number of nitrogens with zero attached hydrogens (tertiary/aromatic N) is 2. The number of rotatable bonds is 5. The lowest BCUT2D eigenvalue weighted by atomic mass is 10.1. The van der Waals surface area contributed by atoms with E-state index in [1.807, 2.05) is 42.6 Å². The van der Waals surface area contributed by atoms with Crippen LogP contribution in [0.5, 0.6) is 0 Å². The molecule has 0 radical (unpaired) electrons. The first kappa shape index (κ1) is 14.7. The maximum Gasteiger partial charge on any atom is 0.264 e. The van der Waals surface area contributed by atoms with Gasteiger partial charge in [-0.3, -0.25) is 9.36 Å². The number of thiophene rings is 1. The van der Waals surface area contributed by atoms with E-state index < -0.39 is 0 Å². The van der Waals surface area contributed by atoms with Crippen LogP contribution in [0.15, 0.2) is 40.5 Å². The van der Waals surface area contributed by atoms with Gasteiger partial charge in [-0.15, -0.1) is 11.3 Å². The fraction of sp³-hybridized carbons (Fsp3) is 0.250. The number of nitrogens with one attached hydrogen (secondary N) is 1. The van der Waals surface area contributed by atoms with E-state index in [0.717, 1.165) is 16.0 Å². The van der Waals surface area contributed by atoms with Crippen molar-refractivity contribution < 1.29 is 0 Å². The van der Waals surface area contributed by atoms with Crippen LogP contribution >= 0.6 is 11.3 Å². The molecular weight excluding hydrogens is 296 g/mol. The van der Waals surface area contributed by atoms with Crippen molar-refractivity contribution in [2.45, 2.75) is 13.5 Å². The fourth-order valence-electron chi connectivity index (χ4n) is 2.47. The predicted octanol–water partition coefficient (Wildman–Crippen LogP) is 2.52. The van der Waals surface area contributed by atoms with E-state index in [1.54, 1.807) is 4.57 Å². The van der Waals surface area contributed by atoms with Crippen molar-refractivity contribution in [2.24, 2.45) is 5.73 Å². The lowest BCUT2D eigenvalue weighted by molar-refractivity contribution is 0.722. The second-order valence-corrected chi connectivity index (χ2v) is 5.75. The molecule has 0 bridgehead atoms. The monoisotopic (exact) mass is 314 g/mol. The number of benzene rings is 1. The molecule has 0 saturated carbocycles. The second-order valence-electron chi connectivity index (χ2n) is 4.90. The molecule has 0 spiro atoms. The number of hydrogen-bond acceptors (Lipinski definition) is 5. The van der Waals surface area contributed by atoms with E-state index in [0.29, 0.717) is 31.0 Å². The van der Waals surface area contributed by atoms with E-state index in [4.69, 9.17) is 5.73 Å². The van der Waals surface area contributed by atoms with Gasteiger partial charge in [-0.05, 0) is 12.5 Å². The van der Waals surface area contributed by atoms with Crippen LogP contribution in [0.1, 0.15) is 6.92 Å². The van der Waals surface area contributed by atoms with Gasteiger partial charge in [0.2, 0.25) is 5.95 Å². The highest BCUT2D eigenvalue weighted by Crippen LogP contribution is 2.31. The van der Waals surface area contributed by atoms with Crippen LogP contribution < -0.4 is 16.6 Å². The molecule has 5 nitrogen and oxygen atoms in total. The summed E-state index contributed by atoms with van der Waals surface area (Å²) in [4.78, 5) is 18.2. The van der Waals surface area contributed by atoms with Crippen LogP contribution in [-0.4, -0.2) is 22.6 Å². The lowest BCUT2D eigenvalue weighted by Crippen LogP contribution is -2.26. The first-order chi connectivity index (χ1) is 10.8. The van der Waals surface area contributed by atoms with E-state index in [9.17, 15) is 4.79 Å². The van der Waals surface area contributed by atoms with Gasteiger partial charge in [-0.2, -0.15) is 0 Å². The number of anilines is 1. The zero-order chi connectivity index (χ0) is 15.5. The Labute approximate surface area is 132 Å². The Morgan fingerprint density at radius 1 is 1.32 bits per heavy atom. The van der Waals surface area contributed by atoms with Gasteiger partial charge in [0, 0.05) is 30.6 Å². The summed E-state index contributed by atoms with van der Waals surface area (Å²) in [6, 6.07) is 9.94. The van der Waals surface area contributed by atoms with Crippen molar-refractivity contribution in [1.29, 1.82) is 0 Å². The Bertz CT molecular complexity index is 838. The highest BCUT2D eigenvalue weighted by atomic mass is 32.1. The number of fused-ring (bicyclic) bond motifs is 1. The molecule has 6 heteroatoms. The highest BCUT2D eigenvalue weighted by Gasteiger charge is 2.15. The molecule has 22 heavy (non-hydrogen) atoms. The van der Waals surface area contributed by atoms with Crippen molar-refractivity contribution in [2.75, 3.05) is 18.4 Å². The minimum atomic E-state index is -0.00729. The van der Waals surface area contributed by atoms with Crippen LogP contribution in [0, 0.1) is 0 Å². The molecule has 0 fully saturated rings. The Kier molecular flexibility index (Phi) is 4.22. The molecule has 114 valence electrons. The van der Waals surface area contributed by atoms with Gasteiger partial charge < -0.3 is 11.1 Å². The molecule has 0 saturated heterocycles. The lowest BCUT2D eigenvalue weighted by Gasteiger charge is -2.11. The van der Waals surface area contributed by atoms with Crippen molar-refractivity contribution in [3.8, 4) is 11.1 Å². The Hall–Kier alpha value is -2.18. The molecular formula is C16H18N4OS. The Balaban J connectivity index is 2.22. The zero-order valence-corrected chi connectivity index (χ0v) is 13.2. The molecule has 3 aromatic rings. The third-order valence-electron chi connectivity index (χ3n) is 3.52. The van der Waals surface area contributed by atoms with Crippen LogP contribution in [-0.2, 0) is 6.54 Å². The summed E-state index contributed by atoms with van der Waals surface area (Å²) in [5.41, 5.74) is 7.51. The fourth-order valence-corrected chi connectivity index (χ4v) is 3.40. The van der Waals surface area contributed by atoms with E-state index in [2.05, 4.69) is 10.3 Å². The molecule has 3 N–H and O–H groups in total. The molecule has 0 unspecified atom stereocenters. The van der Waals surface area contributed by atoms with E-state index >= 15 is 0 Å². The first-order valence-corrected chi connectivity index (χ1v) is 8.15. The van der Waals surface area contributed by atoms with E-state index in [-0.39, 0.29) is 5.56 Å². The predicted molar refractivity (Wildman–Crippen MR) is 92.5 cm³/mol. The topological polar surface area (TPSA) is 72.9 Å². The average molecular weight is 314 g/mol. The molecule has 3 rings (SSSR count). The standard InChI is InChI=1S/C16H18N4OS/c1-2-20-15(21)13-12(11-6-4-3-5-7-11)10-22-14(13)19-16(20)18-9-8-17/h3-7,10H,2,8-9,17H2,1H3,(H,18,19). The van der Waals surface area contributed by atoms with Gasteiger partial charge in [0.1, 0.15) is 4.83 Å². The number of hydrogen-bond donors (Lipinski definition) is 2. The van der Waals surface area contributed by atoms with Crippen molar-refractivity contribution >= 4 is 27.5 Å². The summed E-state index contributed by atoms with van der Waals surface area (Å²) < 4.78 is 1.66. The van der Waals surface area contributed by atoms with Crippen molar-refractivity contribution in [3.05, 3.63) is 46.1 Å². The maximum absolute atomic E-state index is 12.9. The number of nitrogens with two attached hydrogens (primary N) is 1. The number of aromatic nitrogens is 2. The summed E-state index contributed by atoms with van der Waals surface area (Å²) >= 11 is 1.49. The Morgan fingerprint density at radius 2 is 2.09 bits per heavy atom. The van der Waals surface area contributed by atoms with Crippen LogP contribution in [0.4, 0.5) is 5.95 Å². The van der Waals surface area contributed by atoms with Gasteiger partial charge in [0.15, 0.2) is 0 Å². The van der Waals surface area contributed by atoms with Crippen LogP contribution in [0.3, 0.4) is 0 Å². The van der Waals surface area contributed by atoms with Gasteiger partial charge in [-0.25, -0.2) is 4.98 Å². The third kappa shape index (κ3) is 2.51. The smallest absolute Gasteiger partial charge is 0.264 e. The maximum atomic E-state index is 12.9. The normalized spacial score (nSPS) is 11.0. The van der Waals surface area contributed by atoms with E-state index in [1.165, 1.54) is 11.3 Å². The van der Waals surface area contributed by atoms with Crippen molar-refractivity contribution in [3.63, 3.8) is 0 Å². The molecule has 0 atom stereocenters. The van der Waals surface area contributed by atoms with Gasteiger partial charge in [-0.1, -0.05) is 30.3 Å². The summed E-state index contributed by atoms with van der Waals surface area (Å²) in [5.74, 6) is 0.590. The minimum Gasteiger partial charge on any atom is -0.354 e. The second kappa shape index (κ2) is 6.29. The minimum absolute atomic E-state index is 0.00729. The highest BCUT2D eigenvalue weighted by molar-refractivity contribution is 7.17. The molecule has 1 aromatic carbocycles. The van der Waals surface area contributed by atoms with Crippen LogP contribution in [0.25, 0.3) is 21.3 Å². The van der Waals surface area contributed by atoms with Gasteiger partial charge >= 0.3 is 0 Å². The molecule has 0 aliphatic heterocycles. The molecule has 2 heterocycles. The third-order valence-corrected chi connectivity index (χ3v) is 4.39. The first-order valence-electron chi connectivity index (χ1n) is 7.27. The van der Waals surface area contributed by atoms with Gasteiger partial charge in [0.25, 0.3) is 5.56 Å². The van der Waals surface area contributed by atoms with Crippen molar-refractivity contribution in [1.82, 2.24) is 9.55 Å². The zero-order valence-electron chi connectivity index (χ0n) is 12.4. The summed E-state index contributed by atoms with van der Waals surface area (Å²) in [6.45, 7) is 3.60. The molecule has 0 amide bonds. The molecule has 0 aliphatic carbocycles. The summed E-state index contributed by atoms with van der Waals surface area (Å²) in [6.07, 6.45) is 0. The van der Waals surface area contributed by atoms with Gasteiger partial charge in [0.05, 0.1) is 5.39 Å². The largest absolute Gasteiger partial charge is 0.354 e.